The van der Waals surface area contributed by atoms with E-state index in [1.54, 1.807) is 6.92 Å². The molecule has 0 heterocycles. The molecule has 0 spiro atoms. The molecule has 72 valence electrons. The van der Waals surface area contributed by atoms with Crippen molar-refractivity contribution < 1.29 is 19.5 Å². The Labute approximate surface area is 70.6 Å². The Morgan fingerprint density at radius 3 is 2.67 bits per heavy atom. The lowest BCUT2D eigenvalue weighted by Crippen LogP contribution is -2.31. The number of nitrogens with one attached hydrogen (secondary N) is 1. The zero-order valence-electron chi connectivity index (χ0n) is 6.80. The quantitative estimate of drug-likeness (QED) is 0.177. The molecular formula is C5H13N2O4P. The number of hydrogen-bond donors (Lipinski definition) is 3. The Balaban J connectivity index is 3.56. The highest BCUT2D eigenvalue weighted by Crippen LogP contribution is 2.37. The molecule has 0 radical (unpaired) electrons. The van der Waals surface area contributed by atoms with Crippen molar-refractivity contribution in [3.8, 4) is 0 Å². The van der Waals surface area contributed by atoms with E-state index in [4.69, 9.17) is 10.1 Å². The molecule has 0 aliphatic carbocycles. The number of carbonyl (C=O) groups excluding carboxylic acids is 1. The molecule has 0 aromatic carbocycles. The van der Waals surface area contributed by atoms with E-state index >= 15 is 0 Å². The van der Waals surface area contributed by atoms with Crippen LogP contribution in [-0.4, -0.2) is 40.7 Å². The molecule has 0 aliphatic heterocycles. The molecular weight excluding hydrogens is 183 g/mol. The van der Waals surface area contributed by atoms with Crippen molar-refractivity contribution in [2.45, 2.75) is 6.92 Å². The minimum Gasteiger partial charge on any atom is -0.343 e. The van der Waals surface area contributed by atoms with Crippen molar-refractivity contribution in [1.29, 1.82) is 0 Å². The van der Waals surface area contributed by atoms with E-state index in [1.807, 2.05) is 0 Å². The summed E-state index contributed by atoms with van der Waals surface area (Å²) >= 11 is 0. The first-order valence-corrected chi connectivity index (χ1v) is 5.47. The minimum atomic E-state index is -3.10. The van der Waals surface area contributed by atoms with E-state index in [9.17, 15) is 9.36 Å². The average molecular weight is 196 g/mol. The maximum Gasteiger partial charge on any atom is 0.234 e. The molecule has 7 heteroatoms. The summed E-state index contributed by atoms with van der Waals surface area (Å²) in [5.74, 6) is 0. The van der Waals surface area contributed by atoms with Crippen molar-refractivity contribution >= 4 is 13.8 Å². The number of hydrogen-bond acceptors (Lipinski definition) is 4. The van der Waals surface area contributed by atoms with E-state index in [0.717, 1.165) is 0 Å². The Bertz CT molecular complexity index is 186. The van der Waals surface area contributed by atoms with Gasteiger partial charge in [0.1, 0.15) is 0 Å². The first-order chi connectivity index (χ1) is 5.52. The molecule has 0 bridgehead atoms. The van der Waals surface area contributed by atoms with Gasteiger partial charge in [-0.15, -0.1) is 0 Å². The van der Waals surface area contributed by atoms with E-state index in [1.165, 1.54) is 0 Å². The van der Waals surface area contributed by atoms with Crippen LogP contribution in [0.4, 0.5) is 0 Å². The molecule has 0 rings (SSSR count). The van der Waals surface area contributed by atoms with Crippen LogP contribution in [0, 0.1) is 0 Å². The number of carbonyl (C=O) groups is 1. The average Bonchev–Trinajstić information content (AvgIpc) is 2.04. The minimum absolute atomic E-state index is 0.103. The lowest BCUT2D eigenvalue weighted by atomic mass is 11.0. The van der Waals surface area contributed by atoms with Crippen LogP contribution in [-0.2, 0) is 9.36 Å². The largest absolute Gasteiger partial charge is 0.343 e. The molecule has 0 fully saturated rings. The van der Waals surface area contributed by atoms with Gasteiger partial charge >= 0.3 is 0 Å². The van der Waals surface area contributed by atoms with Crippen molar-refractivity contribution in [2.75, 3.05) is 19.1 Å². The number of amides is 1. The summed E-state index contributed by atoms with van der Waals surface area (Å²) < 4.78 is 11.0. The van der Waals surface area contributed by atoms with Crippen LogP contribution < -0.4 is 5.32 Å². The first-order valence-electron chi connectivity index (χ1n) is 3.44. The van der Waals surface area contributed by atoms with Crippen LogP contribution in [0.15, 0.2) is 0 Å². The Morgan fingerprint density at radius 2 is 2.25 bits per heavy atom. The van der Waals surface area contributed by atoms with Gasteiger partial charge in [-0.3, -0.25) is 19.9 Å². The SMILES string of the molecule is CCP(=O)(O)CNCN(O)C=O. The second kappa shape index (κ2) is 5.27. The number of nitrogens with zero attached hydrogens (tertiary/aromatic N) is 1. The van der Waals surface area contributed by atoms with E-state index in [2.05, 4.69) is 5.32 Å². The van der Waals surface area contributed by atoms with Gasteiger partial charge in [-0.05, 0) is 0 Å². The van der Waals surface area contributed by atoms with Gasteiger partial charge in [0.2, 0.25) is 13.8 Å². The lowest BCUT2D eigenvalue weighted by Gasteiger charge is -2.12. The number of hydroxylamine groups is 2. The van der Waals surface area contributed by atoms with Crippen LogP contribution in [0.25, 0.3) is 0 Å². The molecule has 1 unspecified atom stereocenters. The van der Waals surface area contributed by atoms with Gasteiger partial charge in [0.15, 0.2) is 0 Å². The van der Waals surface area contributed by atoms with Crippen molar-refractivity contribution in [3.05, 3.63) is 0 Å². The van der Waals surface area contributed by atoms with E-state index < -0.39 is 7.37 Å². The summed E-state index contributed by atoms with van der Waals surface area (Å²) in [5.41, 5.74) is 0. The van der Waals surface area contributed by atoms with Crippen molar-refractivity contribution in [2.24, 2.45) is 0 Å². The smallest absolute Gasteiger partial charge is 0.234 e. The first kappa shape index (κ1) is 11.6. The molecule has 12 heavy (non-hydrogen) atoms. The third kappa shape index (κ3) is 5.26. The van der Waals surface area contributed by atoms with Crippen LogP contribution in [0.1, 0.15) is 6.92 Å². The molecule has 0 aromatic heterocycles. The predicted octanol–water partition coefficient (Wildman–Crippen LogP) is -0.371. The van der Waals surface area contributed by atoms with Gasteiger partial charge in [-0.1, -0.05) is 6.92 Å². The van der Waals surface area contributed by atoms with Gasteiger partial charge in [0, 0.05) is 6.16 Å². The standard InChI is InChI=1S/C5H13N2O4P/c1-2-12(10,11)4-6-3-7(9)5-8/h5-6,9H,2-4H2,1H3,(H,10,11). The molecule has 6 nitrogen and oxygen atoms in total. The maximum absolute atomic E-state index is 11.0. The highest BCUT2D eigenvalue weighted by molar-refractivity contribution is 7.57. The summed E-state index contributed by atoms with van der Waals surface area (Å²) in [4.78, 5) is 18.8. The summed E-state index contributed by atoms with van der Waals surface area (Å²) in [7, 11) is -3.10. The van der Waals surface area contributed by atoms with Gasteiger partial charge in [-0.2, -0.15) is 0 Å². The summed E-state index contributed by atoms with van der Waals surface area (Å²) in [6.45, 7) is 1.45. The Morgan fingerprint density at radius 1 is 1.67 bits per heavy atom. The maximum atomic E-state index is 11.0. The summed E-state index contributed by atoms with van der Waals surface area (Å²) in [6.07, 6.45) is 0.280. The van der Waals surface area contributed by atoms with Gasteiger partial charge in [-0.25, -0.2) is 5.06 Å². The third-order valence-corrected chi connectivity index (χ3v) is 2.95. The van der Waals surface area contributed by atoms with Crippen molar-refractivity contribution in [3.63, 3.8) is 0 Å². The van der Waals surface area contributed by atoms with Crippen LogP contribution >= 0.6 is 7.37 Å². The summed E-state index contributed by atoms with van der Waals surface area (Å²) in [5, 5.41) is 11.4. The second-order valence-corrected chi connectivity index (χ2v) is 4.91. The zero-order valence-corrected chi connectivity index (χ0v) is 7.70. The zero-order chi connectivity index (χ0) is 9.61. The van der Waals surface area contributed by atoms with Crippen molar-refractivity contribution in [1.82, 2.24) is 10.4 Å². The third-order valence-electron chi connectivity index (χ3n) is 1.25. The second-order valence-electron chi connectivity index (χ2n) is 2.27. The molecule has 1 amide bonds. The van der Waals surface area contributed by atoms with E-state index in [-0.39, 0.29) is 25.5 Å². The molecule has 1 atom stereocenters. The normalized spacial score (nSPS) is 15.2. The lowest BCUT2D eigenvalue weighted by molar-refractivity contribution is -0.150. The Kier molecular flexibility index (Phi) is 5.08. The molecule has 0 saturated heterocycles. The molecule has 0 aliphatic rings. The predicted molar refractivity (Wildman–Crippen MR) is 42.9 cm³/mol. The van der Waals surface area contributed by atoms with Crippen LogP contribution in [0.5, 0.6) is 0 Å². The van der Waals surface area contributed by atoms with E-state index in [0.29, 0.717) is 5.06 Å². The van der Waals surface area contributed by atoms with Gasteiger partial charge < -0.3 is 4.89 Å². The summed E-state index contributed by atoms with van der Waals surface area (Å²) in [6, 6.07) is 0. The fourth-order valence-electron chi connectivity index (χ4n) is 0.488. The monoisotopic (exact) mass is 196 g/mol. The van der Waals surface area contributed by atoms with Crippen LogP contribution in [0.2, 0.25) is 0 Å². The number of rotatable bonds is 6. The molecule has 0 saturated carbocycles. The van der Waals surface area contributed by atoms with Crippen LogP contribution in [0.3, 0.4) is 0 Å². The molecule has 0 aromatic rings. The topological polar surface area (TPSA) is 89.9 Å². The van der Waals surface area contributed by atoms with Gasteiger partial charge in [0.25, 0.3) is 0 Å². The highest BCUT2D eigenvalue weighted by Gasteiger charge is 2.13. The Hall–Kier alpha value is -0.420. The molecule has 3 N–H and O–H groups in total. The van der Waals surface area contributed by atoms with Gasteiger partial charge in [0.05, 0.1) is 13.0 Å². The highest BCUT2D eigenvalue weighted by atomic mass is 31.2. The fourth-order valence-corrected chi connectivity index (χ4v) is 1.16. The fraction of sp³-hybridized carbons (Fsp3) is 0.800.